The van der Waals surface area contributed by atoms with Crippen LogP contribution in [0.15, 0.2) is 36.7 Å². The molecule has 0 fully saturated rings. The Morgan fingerprint density at radius 3 is 2.43 bits per heavy atom. The van der Waals surface area contributed by atoms with Gasteiger partial charge in [-0.05, 0) is 37.9 Å². The van der Waals surface area contributed by atoms with Gasteiger partial charge >= 0.3 is 0 Å². The number of halogens is 1. The molecule has 1 aromatic heterocycles. The van der Waals surface area contributed by atoms with E-state index in [1.165, 1.54) is 11.1 Å². The number of rotatable bonds is 3. The molecule has 0 saturated carbocycles. The zero-order valence-corrected chi connectivity index (χ0v) is 13.2. The quantitative estimate of drug-likeness (QED) is 0.946. The minimum Gasteiger partial charge on any atom is -0.313 e. The Hall–Kier alpha value is -1.65. The summed E-state index contributed by atoms with van der Waals surface area (Å²) in [6.45, 7) is 6.24. The topological polar surface area (TPSA) is 42.7 Å². The number of hydrogen-bond donors (Lipinski definition) is 1. The van der Waals surface area contributed by atoms with Gasteiger partial charge in [0.2, 0.25) is 0 Å². The van der Waals surface area contributed by atoms with Gasteiger partial charge in [-0.15, -0.1) is 12.4 Å². The zero-order valence-electron chi connectivity index (χ0n) is 12.4. The standard InChI is InChI=1S/C16H20N4.ClH/c1-12(2)20-11-18-16(19-20)15-5-3-13(4-6-15)14-7-9-17-10-8-14;/h3-7,11-12,17H,8-10H2,1-2H3;1H. The highest BCUT2D eigenvalue weighted by molar-refractivity contribution is 5.85. The van der Waals surface area contributed by atoms with E-state index < -0.39 is 0 Å². The lowest BCUT2D eigenvalue weighted by Gasteiger charge is -2.14. The Labute approximate surface area is 131 Å². The van der Waals surface area contributed by atoms with Crippen molar-refractivity contribution in [2.24, 2.45) is 0 Å². The maximum atomic E-state index is 4.50. The maximum absolute atomic E-state index is 4.50. The summed E-state index contributed by atoms with van der Waals surface area (Å²) >= 11 is 0. The molecule has 2 heterocycles. The van der Waals surface area contributed by atoms with E-state index in [4.69, 9.17) is 0 Å². The van der Waals surface area contributed by atoms with Crippen molar-refractivity contribution >= 4 is 18.0 Å². The maximum Gasteiger partial charge on any atom is 0.181 e. The van der Waals surface area contributed by atoms with Gasteiger partial charge in [-0.2, -0.15) is 5.10 Å². The summed E-state index contributed by atoms with van der Waals surface area (Å²) in [7, 11) is 0. The van der Waals surface area contributed by atoms with Crippen molar-refractivity contribution < 1.29 is 0 Å². The molecule has 3 rings (SSSR count). The average molecular weight is 305 g/mol. The van der Waals surface area contributed by atoms with Crippen LogP contribution in [0.2, 0.25) is 0 Å². The van der Waals surface area contributed by atoms with Crippen molar-refractivity contribution in [1.29, 1.82) is 0 Å². The summed E-state index contributed by atoms with van der Waals surface area (Å²) in [6.07, 6.45) is 5.16. The van der Waals surface area contributed by atoms with E-state index in [2.05, 4.69) is 59.6 Å². The van der Waals surface area contributed by atoms with Gasteiger partial charge in [0, 0.05) is 18.2 Å². The second kappa shape index (κ2) is 6.87. The molecule has 0 radical (unpaired) electrons. The number of benzene rings is 1. The van der Waals surface area contributed by atoms with Crippen molar-refractivity contribution in [3.63, 3.8) is 0 Å². The summed E-state index contributed by atoms with van der Waals surface area (Å²) in [5, 5.41) is 7.84. The average Bonchev–Trinajstić information content (AvgIpc) is 2.98. The van der Waals surface area contributed by atoms with Crippen LogP contribution in [0.1, 0.15) is 31.9 Å². The normalized spacial score (nSPS) is 14.7. The Morgan fingerprint density at radius 1 is 1.14 bits per heavy atom. The Bertz CT molecular complexity index is 613. The van der Waals surface area contributed by atoms with E-state index in [9.17, 15) is 0 Å². The summed E-state index contributed by atoms with van der Waals surface area (Å²) in [4.78, 5) is 4.38. The molecule has 1 aliphatic rings. The Morgan fingerprint density at radius 2 is 1.86 bits per heavy atom. The van der Waals surface area contributed by atoms with Gasteiger partial charge in [-0.25, -0.2) is 9.67 Å². The minimum atomic E-state index is 0. The molecule has 1 N–H and O–H groups in total. The Balaban J connectivity index is 0.00000161. The zero-order chi connectivity index (χ0) is 13.9. The van der Waals surface area contributed by atoms with Gasteiger partial charge in [0.25, 0.3) is 0 Å². The highest BCUT2D eigenvalue weighted by Gasteiger charge is 2.08. The van der Waals surface area contributed by atoms with E-state index in [-0.39, 0.29) is 12.4 Å². The van der Waals surface area contributed by atoms with Gasteiger partial charge in [-0.1, -0.05) is 30.3 Å². The van der Waals surface area contributed by atoms with Crippen LogP contribution in [-0.4, -0.2) is 27.9 Å². The first-order valence-corrected chi connectivity index (χ1v) is 7.16. The molecule has 0 aliphatic carbocycles. The van der Waals surface area contributed by atoms with E-state index in [0.29, 0.717) is 6.04 Å². The van der Waals surface area contributed by atoms with Crippen molar-refractivity contribution in [3.05, 3.63) is 42.2 Å². The van der Waals surface area contributed by atoms with E-state index in [0.717, 1.165) is 30.9 Å². The molecule has 112 valence electrons. The molecule has 1 aromatic carbocycles. The summed E-state index contributed by atoms with van der Waals surface area (Å²) in [5.74, 6) is 0.796. The van der Waals surface area contributed by atoms with Crippen LogP contribution in [0.4, 0.5) is 0 Å². The first kappa shape index (κ1) is 15.7. The number of hydrogen-bond acceptors (Lipinski definition) is 3. The van der Waals surface area contributed by atoms with Crippen LogP contribution in [0.5, 0.6) is 0 Å². The van der Waals surface area contributed by atoms with Crippen LogP contribution in [0.3, 0.4) is 0 Å². The Kier molecular flexibility index (Phi) is 5.15. The second-order valence-electron chi connectivity index (χ2n) is 5.40. The molecule has 5 heteroatoms. The fourth-order valence-corrected chi connectivity index (χ4v) is 2.37. The van der Waals surface area contributed by atoms with Crippen LogP contribution >= 0.6 is 12.4 Å². The van der Waals surface area contributed by atoms with Crippen molar-refractivity contribution in [3.8, 4) is 11.4 Å². The molecule has 0 amide bonds. The molecular formula is C16H21ClN4. The van der Waals surface area contributed by atoms with E-state index in [1.54, 1.807) is 6.33 Å². The fraction of sp³-hybridized carbons (Fsp3) is 0.375. The predicted molar refractivity (Wildman–Crippen MR) is 88.6 cm³/mol. The van der Waals surface area contributed by atoms with Gasteiger partial charge in [0.05, 0.1) is 0 Å². The largest absolute Gasteiger partial charge is 0.313 e. The number of nitrogens with zero attached hydrogens (tertiary/aromatic N) is 3. The first-order valence-electron chi connectivity index (χ1n) is 7.16. The van der Waals surface area contributed by atoms with Crippen molar-refractivity contribution in [2.45, 2.75) is 26.3 Å². The van der Waals surface area contributed by atoms with E-state index >= 15 is 0 Å². The molecule has 0 bridgehead atoms. The highest BCUT2D eigenvalue weighted by atomic mass is 35.5. The number of aromatic nitrogens is 3. The van der Waals surface area contributed by atoms with Crippen molar-refractivity contribution in [1.82, 2.24) is 20.1 Å². The third-order valence-electron chi connectivity index (χ3n) is 3.62. The first-order chi connectivity index (χ1) is 9.74. The van der Waals surface area contributed by atoms with Gasteiger partial charge in [-0.3, -0.25) is 0 Å². The van der Waals surface area contributed by atoms with Crippen LogP contribution < -0.4 is 5.32 Å². The van der Waals surface area contributed by atoms with Crippen LogP contribution in [0.25, 0.3) is 17.0 Å². The smallest absolute Gasteiger partial charge is 0.181 e. The predicted octanol–water partition coefficient (Wildman–Crippen LogP) is 3.32. The van der Waals surface area contributed by atoms with Gasteiger partial charge < -0.3 is 5.32 Å². The second-order valence-corrected chi connectivity index (χ2v) is 5.40. The monoisotopic (exact) mass is 304 g/mol. The summed E-state index contributed by atoms with van der Waals surface area (Å²) < 4.78 is 1.89. The van der Waals surface area contributed by atoms with Gasteiger partial charge in [0.15, 0.2) is 5.82 Å². The molecule has 0 unspecified atom stereocenters. The van der Waals surface area contributed by atoms with Crippen molar-refractivity contribution in [2.75, 3.05) is 13.1 Å². The minimum absolute atomic E-state index is 0. The van der Waals surface area contributed by atoms with Crippen LogP contribution in [0, 0.1) is 0 Å². The molecule has 21 heavy (non-hydrogen) atoms. The third kappa shape index (κ3) is 3.52. The third-order valence-corrected chi connectivity index (χ3v) is 3.62. The van der Waals surface area contributed by atoms with Gasteiger partial charge in [0.1, 0.15) is 6.33 Å². The lowest BCUT2D eigenvalue weighted by atomic mass is 9.99. The van der Waals surface area contributed by atoms with Crippen LogP contribution in [-0.2, 0) is 0 Å². The molecule has 0 spiro atoms. The summed E-state index contributed by atoms with van der Waals surface area (Å²) in [5.41, 5.74) is 3.80. The molecular weight excluding hydrogens is 284 g/mol. The molecule has 1 aliphatic heterocycles. The molecule has 4 nitrogen and oxygen atoms in total. The summed E-state index contributed by atoms with van der Waals surface area (Å²) in [6, 6.07) is 8.90. The number of nitrogens with one attached hydrogen (secondary N) is 1. The lowest BCUT2D eigenvalue weighted by Crippen LogP contribution is -2.19. The fourth-order valence-electron chi connectivity index (χ4n) is 2.37. The highest BCUT2D eigenvalue weighted by Crippen LogP contribution is 2.23. The molecule has 2 aromatic rings. The lowest BCUT2D eigenvalue weighted by molar-refractivity contribution is 0.532. The molecule has 0 atom stereocenters. The SMILES string of the molecule is CC(C)n1cnc(-c2ccc(C3=CCNCC3)cc2)n1.Cl. The molecule has 0 saturated heterocycles. The van der Waals surface area contributed by atoms with E-state index in [1.807, 2.05) is 4.68 Å².